The molecule has 5 aromatic rings. The van der Waals surface area contributed by atoms with Crippen LogP contribution in [0.2, 0.25) is 0 Å². The van der Waals surface area contributed by atoms with E-state index in [0.717, 1.165) is 70.2 Å². The lowest BCUT2D eigenvalue weighted by Crippen LogP contribution is -2.48. The molecule has 1 fully saturated rings. The summed E-state index contributed by atoms with van der Waals surface area (Å²) >= 11 is 0. The summed E-state index contributed by atoms with van der Waals surface area (Å²) in [7, 11) is 0. The molecule has 1 amide bonds. The zero-order valence-electron chi connectivity index (χ0n) is 24.0. The van der Waals surface area contributed by atoms with Crippen LogP contribution in [0.3, 0.4) is 0 Å². The number of aromatic nitrogens is 2. The second kappa shape index (κ2) is 11.6. The van der Waals surface area contributed by atoms with Gasteiger partial charge in [0.2, 0.25) is 0 Å². The molecule has 0 N–H and O–H groups in total. The molecule has 1 saturated heterocycles. The van der Waals surface area contributed by atoms with Crippen LogP contribution < -0.4 is 4.74 Å². The summed E-state index contributed by atoms with van der Waals surface area (Å²) in [6, 6.07) is 28.9. The number of carbonyl (C=O) groups excluding carboxylic acids is 1. The number of hydrogen-bond donors (Lipinski definition) is 0. The molecular weight excluding hydrogens is 508 g/mol. The third-order valence-corrected chi connectivity index (χ3v) is 7.85. The molecule has 0 saturated carbocycles. The normalized spacial score (nSPS) is 14.0. The summed E-state index contributed by atoms with van der Waals surface area (Å²) in [4.78, 5) is 22.6. The van der Waals surface area contributed by atoms with E-state index >= 15 is 0 Å². The molecule has 0 radical (unpaired) electrons. The monoisotopic (exact) mass is 544 g/mol. The zero-order valence-corrected chi connectivity index (χ0v) is 24.0. The Labute approximate surface area is 241 Å². The number of ether oxygens (including phenoxy) is 1. The highest BCUT2D eigenvalue weighted by Crippen LogP contribution is 2.30. The fourth-order valence-corrected chi connectivity index (χ4v) is 5.49. The highest BCUT2D eigenvalue weighted by atomic mass is 16.5. The zero-order chi connectivity index (χ0) is 28.3. The van der Waals surface area contributed by atoms with E-state index in [1.165, 1.54) is 5.56 Å². The number of amides is 1. The van der Waals surface area contributed by atoms with Crippen molar-refractivity contribution in [2.45, 2.75) is 27.3 Å². The van der Waals surface area contributed by atoms with E-state index in [0.29, 0.717) is 19.7 Å². The van der Waals surface area contributed by atoms with E-state index in [1.807, 2.05) is 55.1 Å². The van der Waals surface area contributed by atoms with Gasteiger partial charge in [-0.25, -0.2) is 4.98 Å². The number of carbonyl (C=O) groups is 1. The largest absolute Gasteiger partial charge is 0.494 e. The van der Waals surface area contributed by atoms with Crippen LogP contribution in [0.4, 0.5) is 0 Å². The number of piperazine rings is 1. The minimum atomic E-state index is 0.110. The van der Waals surface area contributed by atoms with E-state index in [4.69, 9.17) is 9.72 Å². The Balaban J connectivity index is 1.30. The highest BCUT2D eigenvalue weighted by Gasteiger charge is 2.24. The van der Waals surface area contributed by atoms with Gasteiger partial charge in [0.05, 0.1) is 18.0 Å². The lowest BCUT2D eigenvalue weighted by molar-refractivity contribution is 0.0627. The van der Waals surface area contributed by atoms with E-state index in [1.54, 1.807) is 0 Å². The van der Waals surface area contributed by atoms with Gasteiger partial charge in [0.25, 0.3) is 5.91 Å². The first kappa shape index (κ1) is 26.8. The summed E-state index contributed by atoms with van der Waals surface area (Å²) in [6.07, 6.45) is 2.19. The Morgan fingerprint density at radius 1 is 0.805 bits per heavy atom. The molecule has 1 aliphatic rings. The Hall–Kier alpha value is -4.42. The second-order valence-electron chi connectivity index (χ2n) is 10.8. The molecule has 2 aromatic heterocycles. The van der Waals surface area contributed by atoms with Crippen LogP contribution in [0.5, 0.6) is 5.75 Å². The molecule has 6 rings (SSSR count). The molecule has 6 heteroatoms. The van der Waals surface area contributed by atoms with Gasteiger partial charge < -0.3 is 14.0 Å². The first-order valence-electron chi connectivity index (χ1n) is 14.4. The predicted molar refractivity (Wildman–Crippen MR) is 164 cm³/mol. The highest BCUT2D eigenvalue weighted by molar-refractivity contribution is 5.94. The number of pyridine rings is 1. The maximum absolute atomic E-state index is 13.1. The fraction of sp³-hybridized carbons (Fsp3) is 0.257. The standard InChI is InChI=1S/C35H36N4O2/c1-4-41-31-7-5-6-29(22-31)30-16-17-33-36-34(27-12-8-25(2)9-13-27)32(39(33)23-30)24-37-18-20-38(21-19-37)35(40)28-14-10-26(3)11-15-28/h5-17,22-23H,4,18-21,24H2,1-3H3. The fourth-order valence-electron chi connectivity index (χ4n) is 5.49. The third-order valence-electron chi connectivity index (χ3n) is 7.85. The van der Waals surface area contributed by atoms with Gasteiger partial charge in [-0.2, -0.15) is 0 Å². The van der Waals surface area contributed by atoms with Gasteiger partial charge in [-0.05, 0) is 68.3 Å². The van der Waals surface area contributed by atoms with Gasteiger partial charge in [-0.15, -0.1) is 0 Å². The van der Waals surface area contributed by atoms with Crippen molar-refractivity contribution < 1.29 is 9.53 Å². The number of hydrogen-bond acceptors (Lipinski definition) is 4. The van der Waals surface area contributed by atoms with Crippen molar-refractivity contribution in [3.63, 3.8) is 0 Å². The van der Waals surface area contributed by atoms with Crippen molar-refractivity contribution in [2.24, 2.45) is 0 Å². The maximum Gasteiger partial charge on any atom is 0.253 e. The van der Waals surface area contributed by atoms with E-state index in [2.05, 4.69) is 71.0 Å². The maximum atomic E-state index is 13.1. The molecular formula is C35H36N4O2. The topological polar surface area (TPSA) is 50.1 Å². The van der Waals surface area contributed by atoms with Gasteiger partial charge in [0, 0.05) is 50.0 Å². The van der Waals surface area contributed by atoms with Crippen molar-refractivity contribution in [1.82, 2.24) is 19.2 Å². The number of rotatable bonds is 7. The molecule has 0 aliphatic carbocycles. The first-order valence-corrected chi connectivity index (χ1v) is 14.4. The van der Waals surface area contributed by atoms with Crippen LogP contribution in [0.15, 0.2) is 91.1 Å². The molecule has 0 bridgehead atoms. The average Bonchev–Trinajstić information content (AvgIpc) is 3.35. The molecule has 3 aromatic carbocycles. The molecule has 3 heterocycles. The van der Waals surface area contributed by atoms with E-state index in [-0.39, 0.29) is 5.91 Å². The second-order valence-corrected chi connectivity index (χ2v) is 10.8. The van der Waals surface area contributed by atoms with Gasteiger partial charge in [-0.1, -0.05) is 59.7 Å². The Morgan fingerprint density at radius 3 is 2.20 bits per heavy atom. The summed E-state index contributed by atoms with van der Waals surface area (Å²) in [6.45, 7) is 10.6. The number of aryl methyl sites for hydroxylation is 2. The smallest absolute Gasteiger partial charge is 0.253 e. The van der Waals surface area contributed by atoms with Crippen molar-refractivity contribution in [2.75, 3.05) is 32.8 Å². The summed E-state index contributed by atoms with van der Waals surface area (Å²) in [5.41, 5.74) is 9.57. The van der Waals surface area contributed by atoms with Gasteiger partial charge in [-0.3, -0.25) is 9.69 Å². The lowest BCUT2D eigenvalue weighted by Gasteiger charge is -2.34. The summed E-state index contributed by atoms with van der Waals surface area (Å²) in [5.74, 6) is 0.980. The van der Waals surface area contributed by atoms with E-state index in [9.17, 15) is 4.79 Å². The van der Waals surface area contributed by atoms with Crippen molar-refractivity contribution in [3.8, 4) is 28.1 Å². The van der Waals surface area contributed by atoms with E-state index < -0.39 is 0 Å². The minimum Gasteiger partial charge on any atom is -0.494 e. The molecule has 0 spiro atoms. The van der Waals surface area contributed by atoms with Gasteiger partial charge in [0.1, 0.15) is 11.4 Å². The van der Waals surface area contributed by atoms with Crippen LogP contribution in [0, 0.1) is 13.8 Å². The van der Waals surface area contributed by atoms with Crippen LogP contribution in [-0.2, 0) is 6.54 Å². The van der Waals surface area contributed by atoms with Crippen LogP contribution in [0.25, 0.3) is 28.0 Å². The lowest BCUT2D eigenvalue weighted by atomic mass is 10.1. The minimum absolute atomic E-state index is 0.110. The summed E-state index contributed by atoms with van der Waals surface area (Å²) < 4.78 is 7.99. The van der Waals surface area contributed by atoms with Gasteiger partial charge in [0.15, 0.2) is 0 Å². The Bertz CT molecular complexity index is 1660. The molecule has 0 unspecified atom stereocenters. The van der Waals surface area contributed by atoms with Crippen molar-refractivity contribution in [1.29, 1.82) is 0 Å². The first-order chi connectivity index (χ1) is 20.0. The van der Waals surface area contributed by atoms with Crippen molar-refractivity contribution >= 4 is 11.6 Å². The molecule has 41 heavy (non-hydrogen) atoms. The quantitative estimate of drug-likeness (QED) is 0.230. The van der Waals surface area contributed by atoms with Crippen LogP contribution in [0.1, 0.15) is 34.1 Å². The van der Waals surface area contributed by atoms with Crippen LogP contribution >= 0.6 is 0 Å². The molecule has 208 valence electrons. The Kier molecular flexibility index (Phi) is 7.57. The number of fused-ring (bicyclic) bond motifs is 1. The third kappa shape index (κ3) is 5.74. The predicted octanol–water partition coefficient (Wildman–Crippen LogP) is 6.64. The molecule has 0 atom stereocenters. The van der Waals surface area contributed by atoms with Gasteiger partial charge >= 0.3 is 0 Å². The Morgan fingerprint density at radius 2 is 1.49 bits per heavy atom. The summed E-state index contributed by atoms with van der Waals surface area (Å²) in [5, 5.41) is 0. The number of imidazole rings is 1. The number of benzene rings is 3. The SMILES string of the molecule is CCOc1cccc(-c2ccc3nc(-c4ccc(C)cc4)c(CN4CCN(C(=O)c5ccc(C)cc5)CC4)n3c2)c1. The van der Waals surface area contributed by atoms with Crippen LogP contribution in [-0.4, -0.2) is 57.9 Å². The average molecular weight is 545 g/mol. The molecule has 6 nitrogen and oxygen atoms in total. The number of nitrogens with zero attached hydrogens (tertiary/aromatic N) is 4. The molecule has 1 aliphatic heterocycles. The van der Waals surface area contributed by atoms with Crippen molar-refractivity contribution in [3.05, 3.63) is 114 Å².